The molecule has 2 aromatic rings. The largest absolute Gasteiger partial charge is 0.417 e. The molecule has 1 saturated carbocycles. The van der Waals surface area contributed by atoms with E-state index in [-0.39, 0.29) is 23.0 Å². The second-order valence-electron chi connectivity index (χ2n) is 7.21. The summed E-state index contributed by atoms with van der Waals surface area (Å²) in [7, 11) is 0. The Bertz CT molecular complexity index is 943. The zero-order valence-corrected chi connectivity index (χ0v) is 15.0. The van der Waals surface area contributed by atoms with Gasteiger partial charge < -0.3 is 9.67 Å². The summed E-state index contributed by atoms with van der Waals surface area (Å²) < 4.78 is 92.8. The Morgan fingerprint density at radius 1 is 1.24 bits per heavy atom. The van der Waals surface area contributed by atoms with Gasteiger partial charge in [0, 0.05) is 6.04 Å². The van der Waals surface area contributed by atoms with Crippen LogP contribution >= 0.6 is 0 Å². The minimum absolute atomic E-state index is 0.277. The first kappa shape index (κ1) is 21.3. The minimum atomic E-state index is -5.08. The standard InChI is InChI=1S/C17H16F7N3O2/c1-15(29,17(22,23)24)7-12(28)26-14-25-11-6-8(16(19,20)21)5-10(18)13(11)27(14)9-3-2-4-9/h5-6,9,29H,2-4,7H2,1H3,(H,25,26,28). The third-order valence-corrected chi connectivity index (χ3v) is 4.87. The topological polar surface area (TPSA) is 67.2 Å². The van der Waals surface area contributed by atoms with Crippen LogP contribution in [0.3, 0.4) is 0 Å². The predicted octanol–water partition coefficient (Wildman–Crippen LogP) is 4.56. The van der Waals surface area contributed by atoms with Gasteiger partial charge in [-0.3, -0.25) is 10.1 Å². The van der Waals surface area contributed by atoms with Gasteiger partial charge in [-0.05, 0) is 38.3 Å². The molecule has 3 rings (SSSR count). The monoisotopic (exact) mass is 427 g/mol. The Kier molecular flexibility index (Phi) is 5.04. The van der Waals surface area contributed by atoms with Gasteiger partial charge >= 0.3 is 12.4 Å². The van der Waals surface area contributed by atoms with Crippen molar-refractivity contribution in [2.24, 2.45) is 0 Å². The van der Waals surface area contributed by atoms with Gasteiger partial charge in [-0.2, -0.15) is 26.3 Å². The Morgan fingerprint density at radius 2 is 1.86 bits per heavy atom. The van der Waals surface area contributed by atoms with E-state index in [4.69, 9.17) is 0 Å². The number of hydrogen-bond acceptors (Lipinski definition) is 3. The molecule has 0 bridgehead atoms. The molecule has 29 heavy (non-hydrogen) atoms. The minimum Gasteiger partial charge on any atom is -0.380 e. The van der Waals surface area contributed by atoms with Gasteiger partial charge in [0.25, 0.3) is 0 Å². The van der Waals surface area contributed by atoms with Crippen LogP contribution in [-0.2, 0) is 11.0 Å². The lowest BCUT2D eigenvalue weighted by Crippen LogP contribution is -2.45. The summed E-state index contributed by atoms with van der Waals surface area (Å²) in [6.45, 7) is 0.413. The van der Waals surface area contributed by atoms with Crippen LogP contribution in [-0.4, -0.2) is 32.3 Å². The fourth-order valence-corrected chi connectivity index (χ4v) is 3.02. The Labute approximate surface area is 159 Å². The van der Waals surface area contributed by atoms with Crippen molar-refractivity contribution in [3.63, 3.8) is 0 Å². The number of fused-ring (bicyclic) bond motifs is 1. The highest BCUT2D eigenvalue weighted by atomic mass is 19.4. The van der Waals surface area contributed by atoms with Gasteiger partial charge in [0.15, 0.2) is 5.60 Å². The molecule has 1 aromatic heterocycles. The average Bonchev–Trinajstić information content (AvgIpc) is 2.81. The van der Waals surface area contributed by atoms with E-state index in [1.54, 1.807) is 0 Å². The quantitative estimate of drug-likeness (QED) is 0.703. The van der Waals surface area contributed by atoms with Crippen molar-refractivity contribution in [3.8, 4) is 0 Å². The summed E-state index contributed by atoms with van der Waals surface area (Å²) in [6, 6.07) is 0.540. The van der Waals surface area contributed by atoms with E-state index >= 15 is 0 Å². The number of anilines is 1. The molecular formula is C17H16F7N3O2. The Balaban J connectivity index is 2.01. The molecule has 0 saturated heterocycles. The summed E-state index contributed by atoms with van der Waals surface area (Å²) in [5.41, 5.74) is -5.26. The summed E-state index contributed by atoms with van der Waals surface area (Å²) in [6.07, 6.45) is -9.44. The van der Waals surface area contributed by atoms with Crippen molar-refractivity contribution in [2.45, 2.75) is 56.6 Å². The van der Waals surface area contributed by atoms with E-state index < -0.39 is 41.7 Å². The third-order valence-electron chi connectivity index (χ3n) is 4.87. The number of rotatable bonds is 4. The summed E-state index contributed by atoms with van der Waals surface area (Å²) in [4.78, 5) is 15.9. The highest BCUT2D eigenvalue weighted by Gasteiger charge is 2.51. The highest BCUT2D eigenvalue weighted by Crippen LogP contribution is 2.40. The van der Waals surface area contributed by atoms with Gasteiger partial charge in [-0.25, -0.2) is 9.37 Å². The molecule has 0 aliphatic heterocycles. The molecule has 12 heteroatoms. The summed E-state index contributed by atoms with van der Waals surface area (Å²) in [5, 5.41) is 11.5. The number of nitrogens with one attached hydrogen (secondary N) is 1. The number of nitrogens with zero attached hydrogens (tertiary/aromatic N) is 2. The zero-order valence-electron chi connectivity index (χ0n) is 15.0. The molecule has 1 aliphatic rings. The van der Waals surface area contributed by atoms with Crippen molar-refractivity contribution in [2.75, 3.05) is 5.32 Å². The van der Waals surface area contributed by atoms with Crippen LogP contribution in [0.5, 0.6) is 0 Å². The molecule has 1 aromatic carbocycles. The number of amides is 1. The smallest absolute Gasteiger partial charge is 0.380 e. The van der Waals surface area contributed by atoms with Crippen molar-refractivity contribution in [1.82, 2.24) is 9.55 Å². The molecule has 1 unspecified atom stereocenters. The lowest BCUT2D eigenvalue weighted by atomic mass is 9.92. The normalized spacial score (nSPS) is 17.8. The third kappa shape index (κ3) is 4.02. The number of imidazole rings is 1. The molecule has 0 radical (unpaired) electrons. The maximum absolute atomic E-state index is 14.5. The number of aromatic nitrogens is 2. The number of alkyl halides is 6. The number of carbonyl (C=O) groups is 1. The fourth-order valence-electron chi connectivity index (χ4n) is 3.02. The van der Waals surface area contributed by atoms with E-state index in [2.05, 4.69) is 10.3 Å². The van der Waals surface area contributed by atoms with Crippen LogP contribution in [0.1, 0.15) is 44.2 Å². The van der Waals surface area contributed by atoms with Crippen LogP contribution in [0.25, 0.3) is 11.0 Å². The fraction of sp³-hybridized carbons (Fsp3) is 0.529. The molecule has 1 amide bonds. The van der Waals surface area contributed by atoms with Crippen LogP contribution < -0.4 is 5.32 Å². The molecule has 5 nitrogen and oxygen atoms in total. The number of benzene rings is 1. The second-order valence-corrected chi connectivity index (χ2v) is 7.21. The van der Waals surface area contributed by atoms with Gasteiger partial charge in [-0.1, -0.05) is 0 Å². The van der Waals surface area contributed by atoms with Gasteiger partial charge in [0.2, 0.25) is 11.9 Å². The second kappa shape index (κ2) is 6.85. The molecule has 1 atom stereocenters. The van der Waals surface area contributed by atoms with E-state index in [1.165, 1.54) is 4.57 Å². The summed E-state index contributed by atoms with van der Waals surface area (Å²) >= 11 is 0. The Hall–Kier alpha value is -2.37. The van der Waals surface area contributed by atoms with Crippen molar-refractivity contribution in [1.29, 1.82) is 0 Å². The molecule has 1 aliphatic carbocycles. The maximum atomic E-state index is 14.5. The molecular weight excluding hydrogens is 411 g/mol. The first-order chi connectivity index (χ1) is 13.2. The number of halogens is 7. The van der Waals surface area contributed by atoms with Crippen molar-refractivity contribution < 1.29 is 40.6 Å². The lowest BCUT2D eigenvalue weighted by Gasteiger charge is -2.29. The molecule has 2 N–H and O–H groups in total. The number of carbonyl (C=O) groups excluding carboxylic acids is 1. The highest BCUT2D eigenvalue weighted by molar-refractivity contribution is 5.92. The van der Waals surface area contributed by atoms with Gasteiger partial charge in [0.1, 0.15) is 11.3 Å². The molecule has 1 fully saturated rings. The van der Waals surface area contributed by atoms with Gasteiger partial charge in [-0.15, -0.1) is 0 Å². The summed E-state index contributed by atoms with van der Waals surface area (Å²) in [5.74, 6) is -2.84. The van der Waals surface area contributed by atoms with Crippen LogP contribution in [0, 0.1) is 5.82 Å². The Morgan fingerprint density at radius 3 is 2.34 bits per heavy atom. The molecule has 0 spiro atoms. The van der Waals surface area contributed by atoms with Crippen LogP contribution in [0.15, 0.2) is 12.1 Å². The van der Waals surface area contributed by atoms with Crippen molar-refractivity contribution >= 4 is 22.9 Å². The van der Waals surface area contributed by atoms with E-state index in [0.29, 0.717) is 31.9 Å². The first-order valence-corrected chi connectivity index (χ1v) is 8.58. The van der Waals surface area contributed by atoms with Crippen LogP contribution in [0.4, 0.5) is 36.7 Å². The lowest BCUT2D eigenvalue weighted by molar-refractivity contribution is -0.252. The molecule has 1 heterocycles. The maximum Gasteiger partial charge on any atom is 0.417 e. The first-order valence-electron chi connectivity index (χ1n) is 8.58. The SMILES string of the molecule is CC(O)(CC(=O)Nc1nc2cc(C(F)(F)F)cc(F)c2n1C1CCC1)C(F)(F)F. The van der Waals surface area contributed by atoms with Gasteiger partial charge in [0.05, 0.1) is 17.5 Å². The molecule has 160 valence electrons. The van der Waals surface area contributed by atoms with Crippen molar-refractivity contribution in [3.05, 3.63) is 23.5 Å². The van der Waals surface area contributed by atoms with E-state index in [9.17, 15) is 40.6 Å². The van der Waals surface area contributed by atoms with E-state index in [0.717, 1.165) is 6.42 Å². The van der Waals surface area contributed by atoms with Crippen LogP contribution in [0.2, 0.25) is 0 Å². The number of hydrogen-bond donors (Lipinski definition) is 2. The average molecular weight is 427 g/mol. The zero-order chi connectivity index (χ0) is 21.8. The number of aliphatic hydroxyl groups is 1. The van der Waals surface area contributed by atoms with E-state index in [1.807, 2.05) is 0 Å². The predicted molar refractivity (Wildman–Crippen MR) is 87.5 cm³/mol.